The number of benzene rings is 1. The zero-order valence-corrected chi connectivity index (χ0v) is 9.76. The van der Waals surface area contributed by atoms with Gasteiger partial charge in [0.2, 0.25) is 0 Å². The third-order valence-corrected chi connectivity index (χ3v) is 2.37. The van der Waals surface area contributed by atoms with Crippen LogP contribution in [0.4, 0.5) is 9.18 Å². The molecule has 5 nitrogen and oxygen atoms in total. The highest BCUT2D eigenvalue weighted by Gasteiger charge is 1.98. The lowest BCUT2D eigenvalue weighted by Crippen LogP contribution is -2.37. The quantitative estimate of drug-likeness (QED) is 0.607. The van der Waals surface area contributed by atoms with Gasteiger partial charge in [-0.05, 0) is 30.5 Å². The number of aryl methyl sites for hydroxylation is 1. The van der Waals surface area contributed by atoms with Crippen molar-refractivity contribution >= 4 is 17.3 Å². The van der Waals surface area contributed by atoms with Gasteiger partial charge in [0.1, 0.15) is 5.82 Å². The molecule has 1 unspecified atom stereocenters. The average molecular weight is 259 g/mol. The van der Waals surface area contributed by atoms with E-state index in [4.69, 9.17) is 0 Å². The van der Waals surface area contributed by atoms with Gasteiger partial charge in [-0.2, -0.15) is 0 Å². The fraction of sp³-hybridized carbons (Fsp3) is 0.300. The Morgan fingerprint density at radius 3 is 2.59 bits per heavy atom. The fourth-order valence-electron chi connectivity index (χ4n) is 1.26. The summed E-state index contributed by atoms with van der Waals surface area (Å²) in [5.74, 6) is -0.288. The van der Waals surface area contributed by atoms with E-state index in [1.54, 1.807) is 16.9 Å². The van der Waals surface area contributed by atoms with Gasteiger partial charge in [-0.3, -0.25) is 8.93 Å². The van der Waals surface area contributed by atoms with Crippen molar-refractivity contribution in [1.82, 2.24) is 10.0 Å². The molecular formula is C10H12FN2O3S-. The summed E-state index contributed by atoms with van der Waals surface area (Å²) in [6.07, 6.45) is 1.32. The van der Waals surface area contributed by atoms with E-state index in [9.17, 15) is 17.9 Å². The molecule has 7 heteroatoms. The number of halogens is 1. The smallest absolute Gasteiger partial charge is 0.325 e. The van der Waals surface area contributed by atoms with E-state index in [0.717, 1.165) is 5.56 Å². The molecule has 0 radical (unpaired) electrons. The molecule has 94 valence electrons. The standard InChI is InChI=1S/C10H13FN2O3S/c11-9-5-3-8(4-6-9)2-1-7-12-10(14)13-17(15)16/h3-6H,1-2,7H2,(H,15,16)(H2,12,13,14)/p-1. The number of hydrogen-bond acceptors (Lipinski definition) is 3. The largest absolute Gasteiger partial charge is 0.755 e. The Morgan fingerprint density at radius 2 is 2.00 bits per heavy atom. The summed E-state index contributed by atoms with van der Waals surface area (Å²) in [5.41, 5.74) is 0.959. The van der Waals surface area contributed by atoms with Gasteiger partial charge in [0.25, 0.3) is 0 Å². The minimum atomic E-state index is -2.59. The summed E-state index contributed by atoms with van der Waals surface area (Å²) in [6, 6.07) is 5.33. The maximum Gasteiger partial charge on any atom is 0.325 e. The predicted molar refractivity (Wildman–Crippen MR) is 60.2 cm³/mol. The van der Waals surface area contributed by atoms with Crippen LogP contribution < -0.4 is 10.0 Å². The molecule has 0 fully saturated rings. The van der Waals surface area contributed by atoms with Crippen LogP contribution in [0.1, 0.15) is 12.0 Å². The van der Waals surface area contributed by atoms with Crippen molar-refractivity contribution in [3.63, 3.8) is 0 Å². The number of nitrogens with one attached hydrogen (secondary N) is 2. The Morgan fingerprint density at radius 1 is 1.35 bits per heavy atom. The third kappa shape index (κ3) is 5.98. The molecular weight excluding hydrogens is 247 g/mol. The Balaban J connectivity index is 2.18. The number of rotatable bonds is 5. The first kappa shape index (κ1) is 13.6. The molecule has 17 heavy (non-hydrogen) atoms. The Bertz CT molecular complexity index is 397. The van der Waals surface area contributed by atoms with E-state index >= 15 is 0 Å². The van der Waals surface area contributed by atoms with Crippen molar-refractivity contribution in [2.75, 3.05) is 6.54 Å². The lowest BCUT2D eigenvalue weighted by Gasteiger charge is -2.08. The Hall–Kier alpha value is -1.47. The van der Waals surface area contributed by atoms with E-state index < -0.39 is 17.3 Å². The van der Waals surface area contributed by atoms with Crippen LogP contribution in [0.25, 0.3) is 0 Å². The number of carbonyl (C=O) groups excluding carboxylic acids is 1. The van der Waals surface area contributed by atoms with Crippen LogP contribution in [-0.4, -0.2) is 21.3 Å². The normalized spacial score (nSPS) is 11.9. The Labute approximate surface area is 101 Å². The van der Waals surface area contributed by atoms with Crippen molar-refractivity contribution in [2.24, 2.45) is 0 Å². The van der Waals surface area contributed by atoms with E-state index in [1.165, 1.54) is 12.1 Å². The summed E-state index contributed by atoms with van der Waals surface area (Å²) in [4.78, 5) is 10.8. The minimum absolute atomic E-state index is 0.288. The first-order valence-corrected chi connectivity index (χ1v) is 6.03. The highest BCUT2D eigenvalue weighted by Crippen LogP contribution is 2.04. The maximum absolute atomic E-state index is 12.6. The summed E-state index contributed by atoms with van der Waals surface area (Å²) in [6.45, 7) is 0.348. The maximum atomic E-state index is 12.6. The highest BCUT2D eigenvalue weighted by atomic mass is 32.2. The highest BCUT2D eigenvalue weighted by molar-refractivity contribution is 7.77. The van der Waals surface area contributed by atoms with Crippen LogP contribution in [-0.2, 0) is 17.7 Å². The van der Waals surface area contributed by atoms with Gasteiger partial charge in [0.15, 0.2) is 0 Å². The molecule has 0 aliphatic rings. The summed E-state index contributed by atoms with van der Waals surface area (Å²) < 4.78 is 34.4. The molecule has 0 spiro atoms. The fourth-order valence-corrected chi connectivity index (χ4v) is 1.48. The molecule has 0 aromatic heterocycles. The second-order valence-electron chi connectivity index (χ2n) is 3.32. The third-order valence-electron chi connectivity index (χ3n) is 2.02. The average Bonchev–Trinajstić information content (AvgIpc) is 2.26. The van der Waals surface area contributed by atoms with Gasteiger partial charge < -0.3 is 9.87 Å². The first-order chi connectivity index (χ1) is 8.08. The molecule has 0 aliphatic carbocycles. The minimum Gasteiger partial charge on any atom is -0.755 e. The summed E-state index contributed by atoms with van der Waals surface area (Å²) in [7, 11) is 0. The predicted octanol–water partition coefficient (Wildman–Crippen LogP) is 0.852. The molecule has 0 bridgehead atoms. The molecule has 1 aromatic rings. The van der Waals surface area contributed by atoms with Crippen LogP contribution in [0.5, 0.6) is 0 Å². The molecule has 0 saturated heterocycles. The second kappa shape index (κ2) is 6.97. The van der Waals surface area contributed by atoms with E-state index in [-0.39, 0.29) is 5.82 Å². The Kier molecular flexibility index (Phi) is 5.58. The summed E-state index contributed by atoms with van der Waals surface area (Å²) >= 11 is -2.59. The van der Waals surface area contributed by atoms with Crippen molar-refractivity contribution < 1.29 is 17.9 Å². The lowest BCUT2D eigenvalue weighted by molar-refractivity contribution is 0.245. The zero-order valence-electron chi connectivity index (χ0n) is 8.94. The molecule has 2 amide bonds. The first-order valence-electron chi connectivity index (χ1n) is 4.96. The van der Waals surface area contributed by atoms with Crippen LogP contribution in [0.15, 0.2) is 24.3 Å². The van der Waals surface area contributed by atoms with Crippen molar-refractivity contribution in [2.45, 2.75) is 12.8 Å². The number of urea groups is 1. The van der Waals surface area contributed by atoms with Gasteiger partial charge in [-0.25, -0.2) is 9.18 Å². The molecule has 1 aromatic carbocycles. The van der Waals surface area contributed by atoms with Crippen LogP contribution in [0, 0.1) is 5.82 Å². The van der Waals surface area contributed by atoms with E-state index in [2.05, 4.69) is 5.32 Å². The molecule has 2 N–H and O–H groups in total. The SMILES string of the molecule is O=C(NCCCc1ccc(F)cc1)NS(=O)[O-]. The van der Waals surface area contributed by atoms with E-state index in [0.29, 0.717) is 19.4 Å². The van der Waals surface area contributed by atoms with Gasteiger partial charge in [-0.15, -0.1) is 0 Å². The second-order valence-corrected chi connectivity index (χ2v) is 4.00. The lowest BCUT2D eigenvalue weighted by atomic mass is 10.1. The zero-order chi connectivity index (χ0) is 12.7. The summed E-state index contributed by atoms with van der Waals surface area (Å²) in [5, 5.41) is 2.38. The number of amides is 2. The van der Waals surface area contributed by atoms with Crippen molar-refractivity contribution in [3.05, 3.63) is 35.6 Å². The topological polar surface area (TPSA) is 81.3 Å². The monoisotopic (exact) mass is 259 g/mol. The molecule has 1 rings (SSSR count). The van der Waals surface area contributed by atoms with Gasteiger partial charge in [-0.1, -0.05) is 12.1 Å². The number of hydrogen-bond donors (Lipinski definition) is 2. The van der Waals surface area contributed by atoms with Crippen LogP contribution >= 0.6 is 0 Å². The molecule has 0 saturated carbocycles. The molecule has 1 atom stereocenters. The number of carbonyl (C=O) groups is 1. The molecule has 0 heterocycles. The van der Waals surface area contributed by atoms with Crippen molar-refractivity contribution in [3.8, 4) is 0 Å². The van der Waals surface area contributed by atoms with E-state index in [1.807, 2.05) is 0 Å². The van der Waals surface area contributed by atoms with Crippen LogP contribution in [0.2, 0.25) is 0 Å². The van der Waals surface area contributed by atoms with Crippen molar-refractivity contribution in [1.29, 1.82) is 0 Å². The molecule has 0 aliphatic heterocycles. The van der Waals surface area contributed by atoms with Crippen LogP contribution in [0.3, 0.4) is 0 Å². The van der Waals surface area contributed by atoms with Gasteiger partial charge >= 0.3 is 6.03 Å². The van der Waals surface area contributed by atoms with Gasteiger partial charge in [0, 0.05) is 17.8 Å². The van der Waals surface area contributed by atoms with Gasteiger partial charge in [0.05, 0.1) is 0 Å².